The van der Waals surface area contributed by atoms with Gasteiger partial charge in [0, 0.05) is 53.8 Å². The average molecular weight is 680 g/mol. The van der Waals surface area contributed by atoms with E-state index in [1.54, 1.807) is 0 Å². The third-order valence-corrected chi connectivity index (χ3v) is 11.6. The summed E-state index contributed by atoms with van der Waals surface area (Å²) in [7, 11) is 0. The Morgan fingerprint density at radius 2 is 1.06 bits per heavy atom. The molecular formula is C48H29N3S. The minimum atomic E-state index is 0.713. The lowest BCUT2D eigenvalue weighted by Gasteiger charge is -2.15. The molecule has 11 rings (SSSR count). The molecule has 8 aromatic carbocycles. The maximum Gasteiger partial charge on any atom is 0.160 e. The molecule has 0 aliphatic heterocycles. The van der Waals surface area contributed by atoms with E-state index >= 15 is 0 Å². The smallest absolute Gasteiger partial charge is 0.160 e. The van der Waals surface area contributed by atoms with Crippen LogP contribution in [-0.4, -0.2) is 14.5 Å². The molecule has 52 heavy (non-hydrogen) atoms. The highest BCUT2D eigenvalue weighted by Gasteiger charge is 2.19. The van der Waals surface area contributed by atoms with Gasteiger partial charge in [-0.1, -0.05) is 133 Å². The Labute approximate surface area is 303 Å². The second-order valence-corrected chi connectivity index (χ2v) is 14.4. The van der Waals surface area contributed by atoms with Crippen molar-refractivity contribution >= 4 is 75.0 Å². The van der Waals surface area contributed by atoms with Crippen molar-refractivity contribution in [1.29, 1.82) is 0 Å². The number of nitrogens with zero attached hydrogens (tertiary/aromatic N) is 3. The summed E-state index contributed by atoms with van der Waals surface area (Å²) in [5, 5.41) is 8.48. The minimum absolute atomic E-state index is 0.713. The van der Waals surface area contributed by atoms with E-state index in [0.717, 1.165) is 38.8 Å². The number of fused-ring (bicyclic) bond motifs is 10. The molecule has 0 saturated heterocycles. The Hall–Kier alpha value is -6.62. The second-order valence-electron chi connectivity index (χ2n) is 13.3. The summed E-state index contributed by atoms with van der Waals surface area (Å²) in [6.45, 7) is 0. The summed E-state index contributed by atoms with van der Waals surface area (Å²) >= 11 is 1.88. The van der Waals surface area contributed by atoms with Crippen LogP contribution in [0, 0.1) is 0 Å². The first-order valence-electron chi connectivity index (χ1n) is 17.6. The zero-order chi connectivity index (χ0) is 34.2. The van der Waals surface area contributed by atoms with Gasteiger partial charge in [0.2, 0.25) is 0 Å². The molecule has 0 aliphatic rings. The van der Waals surface area contributed by atoms with Crippen LogP contribution in [0.4, 0.5) is 0 Å². The Bertz CT molecular complexity index is 3160. The normalized spacial score (nSPS) is 11.8. The lowest BCUT2D eigenvalue weighted by atomic mass is 9.93. The zero-order valence-electron chi connectivity index (χ0n) is 28.0. The molecule has 0 bridgehead atoms. The summed E-state index contributed by atoms with van der Waals surface area (Å²) < 4.78 is 5.05. The molecule has 11 aromatic rings. The molecule has 3 nitrogen and oxygen atoms in total. The Balaban J connectivity index is 1.14. The summed E-state index contributed by atoms with van der Waals surface area (Å²) in [6, 6.07) is 62.9. The Morgan fingerprint density at radius 1 is 0.423 bits per heavy atom. The number of hydrogen-bond donors (Lipinski definition) is 0. The fourth-order valence-corrected chi connectivity index (χ4v) is 9.26. The third-order valence-electron chi connectivity index (χ3n) is 10.4. The minimum Gasteiger partial charge on any atom is -0.308 e. The van der Waals surface area contributed by atoms with E-state index in [1.165, 1.54) is 58.5 Å². The first-order chi connectivity index (χ1) is 25.8. The van der Waals surface area contributed by atoms with Crippen molar-refractivity contribution in [3.05, 3.63) is 176 Å². The van der Waals surface area contributed by atoms with E-state index in [1.807, 2.05) is 11.3 Å². The largest absolute Gasteiger partial charge is 0.308 e. The average Bonchev–Trinajstić information content (AvgIpc) is 3.77. The van der Waals surface area contributed by atoms with Gasteiger partial charge in [-0.15, -0.1) is 11.3 Å². The second kappa shape index (κ2) is 11.5. The summed E-state index contributed by atoms with van der Waals surface area (Å²) in [4.78, 5) is 10.7. The maximum absolute atomic E-state index is 5.34. The van der Waals surface area contributed by atoms with Crippen molar-refractivity contribution in [3.63, 3.8) is 0 Å². The van der Waals surface area contributed by atoms with Gasteiger partial charge in [-0.05, 0) is 59.0 Å². The van der Waals surface area contributed by atoms with E-state index in [0.29, 0.717) is 5.82 Å². The van der Waals surface area contributed by atoms with Crippen LogP contribution >= 0.6 is 11.3 Å². The van der Waals surface area contributed by atoms with Gasteiger partial charge in [0.15, 0.2) is 5.82 Å². The van der Waals surface area contributed by atoms with Gasteiger partial charge in [-0.25, -0.2) is 9.97 Å². The summed E-state index contributed by atoms with van der Waals surface area (Å²) in [5.41, 5.74) is 9.86. The molecule has 0 N–H and O–H groups in total. The first kappa shape index (κ1) is 29.1. The number of benzene rings is 8. The predicted molar refractivity (Wildman–Crippen MR) is 221 cm³/mol. The number of aromatic nitrogens is 3. The Morgan fingerprint density at radius 3 is 1.85 bits per heavy atom. The van der Waals surface area contributed by atoms with E-state index < -0.39 is 0 Å². The highest BCUT2D eigenvalue weighted by Crippen LogP contribution is 2.43. The van der Waals surface area contributed by atoms with Gasteiger partial charge < -0.3 is 4.57 Å². The SMILES string of the molecule is c1ccc(-c2cc3c(-c4ccccc4)nc(-c4ccc(-n5c6ccccc6c6ccc7c8ccccc8sc7c65)cc4)nc3c3ccccc23)cc1. The van der Waals surface area contributed by atoms with Crippen molar-refractivity contribution in [2.75, 3.05) is 0 Å². The van der Waals surface area contributed by atoms with Crippen molar-refractivity contribution in [1.82, 2.24) is 14.5 Å². The van der Waals surface area contributed by atoms with E-state index in [4.69, 9.17) is 9.97 Å². The van der Waals surface area contributed by atoms with Gasteiger partial charge in [0.25, 0.3) is 0 Å². The monoisotopic (exact) mass is 679 g/mol. The molecule has 242 valence electrons. The first-order valence-corrected chi connectivity index (χ1v) is 18.4. The fourth-order valence-electron chi connectivity index (χ4n) is 8.02. The van der Waals surface area contributed by atoms with Gasteiger partial charge in [-0.3, -0.25) is 0 Å². The quantitative estimate of drug-likeness (QED) is 0.173. The predicted octanol–water partition coefficient (Wildman–Crippen LogP) is 13.2. The van der Waals surface area contributed by atoms with E-state index in [9.17, 15) is 0 Å². The number of rotatable bonds is 4. The van der Waals surface area contributed by atoms with Crippen LogP contribution in [-0.2, 0) is 0 Å². The fraction of sp³-hybridized carbons (Fsp3) is 0. The zero-order valence-corrected chi connectivity index (χ0v) is 28.8. The number of para-hydroxylation sites is 1. The van der Waals surface area contributed by atoms with Crippen molar-refractivity contribution in [3.8, 4) is 39.5 Å². The molecule has 0 unspecified atom stereocenters. The summed E-state index contributed by atoms with van der Waals surface area (Å²) in [5.74, 6) is 0.713. The van der Waals surface area contributed by atoms with Crippen LogP contribution in [0.15, 0.2) is 176 Å². The summed E-state index contributed by atoms with van der Waals surface area (Å²) in [6.07, 6.45) is 0. The van der Waals surface area contributed by atoms with Crippen LogP contribution in [0.5, 0.6) is 0 Å². The molecule has 4 heteroatoms. The van der Waals surface area contributed by atoms with Crippen molar-refractivity contribution < 1.29 is 0 Å². The molecule has 3 heterocycles. The van der Waals surface area contributed by atoms with Gasteiger partial charge in [0.1, 0.15) is 0 Å². The van der Waals surface area contributed by atoms with E-state index in [2.05, 4.69) is 180 Å². The third kappa shape index (κ3) is 4.38. The van der Waals surface area contributed by atoms with Crippen LogP contribution < -0.4 is 0 Å². The van der Waals surface area contributed by atoms with Gasteiger partial charge in [-0.2, -0.15) is 0 Å². The highest BCUT2D eigenvalue weighted by molar-refractivity contribution is 7.26. The molecule has 3 aromatic heterocycles. The molecule has 0 saturated carbocycles. The molecule has 0 radical (unpaired) electrons. The molecule has 0 aliphatic carbocycles. The van der Waals surface area contributed by atoms with Crippen LogP contribution in [0.2, 0.25) is 0 Å². The topological polar surface area (TPSA) is 30.7 Å². The molecule has 0 amide bonds. The van der Waals surface area contributed by atoms with Gasteiger partial charge >= 0.3 is 0 Å². The van der Waals surface area contributed by atoms with Gasteiger partial charge in [0.05, 0.1) is 26.9 Å². The lowest BCUT2D eigenvalue weighted by molar-refractivity contribution is 1.18. The van der Waals surface area contributed by atoms with Crippen LogP contribution in [0.1, 0.15) is 0 Å². The standard InChI is InChI=1S/C48H29N3S/c1-3-13-30(14-4-1)40-29-41-44(31-15-5-2-6-16-31)49-48(50-45(41)37-20-8-7-17-34(37)40)32-23-25-33(26-24-32)51-42-21-11-9-18-35(42)38-27-28-39-36-19-10-12-22-43(36)52-47(39)46(38)51/h1-29H. The van der Waals surface area contributed by atoms with Crippen molar-refractivity contribution in [2.45, 2.75) is 0 Å². The lowest BCUT2D eigenvalue weighted by Crippen LogP contribution is -1.98. The number of thiophene rings is 1. The molecular weight excluding hydrogens is 651 g/mol. The van der Waals surface area contributed by atoms with Crippen molar-refractivity contribution in [2.24, 2.45) is 0 Å². The molecule has 0 atom stereocenters. The Kier molecular flexibility index (Phi) is 6.42. The molecule has 0 spiro atoms. The number of hydrogen-bond acceptors (Lipinski definition) is 3. The van der Waals surface area contributed by atoms with Crippen LogP contribution in [0.25, 0.3) is 103 Å². The highest BCUT2D eigenvalue weighted by atomic mass is 32.1. The maximum atomic E-state index is 5.34. The van der Waals surface area contributed by atoms with Crippen LogP contribution in [0.3, 0.4) is 0 Å². The molecule has 0 fully saturated rings. The van der Waals surface area contributed by atoms with E-state index in [-0.39, 0.29) is 0 Å².